The van der Waals surface area contributed by atoms with Gasteiger partial charge in [-0.2, -0.15) is 0 Å². The minimum absolute atomic E-state index is 0.0280. The van der Waals surface area contributed by atoms with Gasteiger partial charge in [0, 0.05) is 18.2 Å². The number of nitrogens with zero attached hydrogens (tertiary/aromatic N) is 1. The maximum Gasteiger partial charge on any atom is 0.234 e. The van der Waals surface area contributed by atoms with E-state index >= 15 is 0 Å². The monoisotopic (exact) mass is 334 g/mol. The van der Waals surface area contributed by atoms with Gasteiger partial charge >= 0.3 is 0 Å². The van der Waals surface area contributed by atoms with Crippen LogP contribution in [0.2, 0.25) is 0 Å². The van der Waals surface area contributed by atoms with Crippen molar-refractivity contribution in [2.45, 2.75) is 44.7 Å². The fourth-order valence-corrected chi connectivity index (χ4v) is 3.51. The van der Waals surface area contributed by atoms with E-state index in [-0.39, 0.29) is 18.6 Å². The lowest BCUT2D eigenvalue weighted by atomic mass is 9.86. The van der Waals surface area contributed by atoms with Crippen LogP contribution in [-0.2, 0) is 4.79 Å². The van der Waals surface area contributed by atoms with Crippen LogP contribution in [0.5, 0.6) is 5.75 Å². The van der Waals surface area contributed by atoms with E-state index in [0.29, 0.717) is 18.5 Å². The molecule has 0 saturated heterocycles. The zero-order chi connectivity index (χ0) is 17.5. The Balaban J connectivity index is 1.84. The molecule has 1 fully saturated rings. The van der Waals surface area contributed by atoms with Crippen LogP contribution in [-0.4, -0.2) is 49.3 Å². The minimum Gasteiger partial charge on any atom is -0.496 e. The molecular formula is C19H30N2O3. The molecule has 0 radical (unpaired) electrons. The van der Waals surface area contributed by atoms with Crippen molar-refractivity contribution in [3.05, 3.63) is 29.8 Å². The van der Waals surface area contributed by atoms with Crippen molar-refractivity contribution in [2.24, 2.45) is 5.92 Å². The highest BCUT2D eigenvalue weighted by Gasteiger charge is 2.25. The Kier molecular flexibility index (Phi) is 7.06. The number of hydrogen-bond donors (Lipinski definition) is 2. The second-order valence-electron chi connectivity index (χ2n) is 6.80. The zero-order valence-corrected chi connectivity index (χ0v) is 15.0. The third-order valence-electron chi connectivity index (χ3n) is 5.07. The third-order valence-corrected chi connectivity index (χ3v) is 5.07. The van der Waals surface area contributed by atoms with E-state index < -0.39 is 0 Å². The standard InChI is InChI=1S/C19H30N2O3/c1-14(17-6-4-5-7-18(17)24-3)20-19(23)12-21(2)16-10-8-15(13-22)9-11-16/h4-7,14-16,22H,8-13H2,1-3H3,(H,20,23). The average molecular weight is 334 g/mol. The molecule has 1 amide bonds. The number of amides is 1. The Labute approximate surface area is 145 Å². The summed E-state index contributed by atoms with van der Waals surface area (Å²) < 4.78 is 5.36. The van der Waals surface area contributed by atoms with Crippen LogP contribution in [0.1, 0.15) is 44.2 Å². The van der Waals surface area contributed by atoms with Crippen molar-refractivity contribution >= 4 is 5.91 Å². The molecule has 0 spiro atoms. The van der Waals surface area contributed by atoms with E-state index in [9.17, 15) is 9.90 Å². The topological polar surface area (TPSA) is 61.8 Å². The number of carbonyl (C=O) groups excluding carboxylic acids is 1. The molecule has 134 valence electrons. The van der Waals surface area contributed by atoms with Crippen molar-refractivity contribution < 1.29 is 14.6 Å². The number of carbonyl (C=O) groups is 1. The zero-order valence-electron chi connectivity index (χ0n) is 15.0. The molecule has 1 atom stereocenters. The summed E-state index contributed by atoms with van der Waals surface area (Å²) in [6.45, 7) is 2.66. The van der Waals surface area contributed by atoms with E-state index in [1.165, 1.54) is 0 Å². The van der Waals surface area contributed by atoms with E-state index in [4.69, 9.17) is 4.74 Å². The van der Waals surface area contributed by atoms with Gasteiger partial charge in [-0.25, -0.2) is 0 Å². The Morgan fingerprint density at radius 2 is 2.00 bits per heavy atom. The van der Waals surface area contributed by atoms with E-state index in [1.54, 1.807) is 7.11 Å². The molecule has 1 aromatic carbocycles. The van der Waals surface area contributed by atoms with Crippen LogP contribution < -0.4 is 10.1 Å². The highest BCUT2D eigenvalue weighted by molar-refractivity contribution is 5.78. The van der Waals surface area contributed by atoms with Gasteiger partial charge < -0.3 is 15.2 Å². The fourth-order valence-electron chi connectivity index (χ4n) is 3.51. The first-order chi connectivity index (χ1) is 11.5. The number of nitrogens with one attached hydrogen (secondary N) is 1. The molecule has 2 N–H and O–H groups in total. The molecule has 5 heteroatoms. The number of methoxy groups -OCH3 is 1. The van der Waals surface area contributed by atoms with Gasteiger partial charge in [-0.15, -0.1) is 0 Å². The summed E-state index contributed by atoms with van der Waals surface area (Å²) in [7, 11) is 3.65. The van der Waals surface area contributed by atoms with Gasteiger partial charge in [-0.3, -0.25) is 9.69 Å². The molecular weight excluding hydrogens is 304 g/mol. The van der Waals surface area contributed by atoms with Gasteiger partial charge in [0.1, 0.15) is 5.75 Å². The summed E-state index contributed by atoms with van der Waals surface area (Å²) in [6, 6.07) is 8.10. The maximum absolute atomic E-state index is 12.4. The maximum atomic E-state index is 12.4. The van der Waals surface area contributed by atoms with Gasteiger partial charge in [0.05, 0.1) is 19.7 Å². The van der Waals surface area contributed by atoms with Crippen molar-refractivity contribution in [3.63, 3.8) is 0 Å². The molecule has 1 aliphatic carbocycles. The summed E-state index contributed by atoms with van der Waals surface area (Å²) in [5.74, 6) is 1.26. The van der Waals surface area contributed by atoms with E-state index in [0.717, 1.165) is 37.0 Å². The summed E-state index contributed by atoms with van der Waals surface area (Å²) in [4.78, 5) is 14.5. The predicted octanol–water partition coefficient (Wildman–Crippen LogP) is 2.36. The number of aliphatic hydroxyl groups excluding tert-OH is 1. The molecule has 1 unspecified atom stereocenters. The molecule has 5 nitrogen and oxygen atoms in total. The quantitative estimate of drug-likeness (QED) is 0.803. The first-order valence-corrected chi connectivity index (χ1v) is 8.78. The number of rotatable bonds is 7. The summed E-state index contributed by atoms with van der Waals surface area (Å²) in [6.07, 6.45) is 4.20. The molecule has 1 saturated carbocycles. The average Bonchev–Trinajstić information content (AvgIpc) is 2.61. The smallest absolute Gasteiger partial charge is 0.234 e. The SMILES string of the molecule is COc1ccccc1C(C)NC(=O)CN(C)C1CCC(CO)CC1. The highest BCUT2D eigenvalue weighted by Crippen LogP contribution is 2.27. The summed E-state index contributed by atoms with van der Waals surface area (Å²) in [5, 5.41) is 12.3. The highest BCUT2D eigenvalue weighted by atomic mass is 16.5. The van der Waals surface area contributed by atoms with Gasteiger partial charge in [0.15, 0.2) is 0 Å². The number of ether oxygens (including phenoxy) is 1. The molecule has 1 aromatic rings. The lowest BCUT2D eigenvalue weighted by Crippen LogP contribution is -2.42. The number of para-hydroxylation sites is 1. The first kappa shape index (κ1) is 18.7. The van der Waals surface area contributed by atoms with Gasteiger partial charge in [-0.1, -0.05) is 18.2 Å². The predicted molar refractivity (Wildman–Crippen MR) is 95.0 cm³/mol. The second kappa shape index (κ2) is 9.04. The Morgan fingerprint density at radius 1 is 1.33 bits per heavy atom. The van der Waals surface area contributed by atoms with Gasteiger partial charge in [0.2, 0.25) is 5.91 Å². The number of likely N-dealkylation sites (N-methyl/N-ethyl adjacent to an activating group) is 1. The Hall–Kier alpha value is -1.59. The van der Waals surface area contributed by atoms with Crippen LogP contribution in [0.4, 0.5) is 0 Å². The lowest BCUT2D eigenvalue weighted by molar-refractivity contribution is -0.123. The van der Waals surface area contributed by atoms with Crippen LogP contribution in [0.25, 0.3) is 0 Å². The van der Waals surface area contributed by atoms with E-state index in [1.807, 2.05) is 38.2 Å². The Morgan fingerprint density at radius 3 is 2.62 bits per heavy atom. The molecule has 2 rings (SSSR count). The van der Waals surface area contributed by atoms with Crippen molar-refractivity contribution in [3.8, 4) is 5.75 Å². The number of benzene rings is 1. The first-order valence-electron chi connectivity index (χ1n) is 8.78. The summed E-state index contributed by atoms with van der Waals surface area (Å²) >= 11 is 0. The number of hydrogen-bond acceptors (Lipinski definition) is 4. The van der Waals surface area contributed by atoms with Crippen molar-refractivity contribution in [1.82, 2.24) is 10.2 Å². The van der Waals surface area contributed by atoms with Crippen LogP contribution >= 0.6 is 0 Å². The van der Waals surface area contributed by atoms with Crippen molar-refractivity contribution in [2.75, 3.05) is 27.3 Å². The van der Waals surface area contributed by atoms with Crippen LogP contribution in [0.3, 0.4) is 0 Å². The molecule has 0 bridgehead atoms. The van der Waals surface area contributed by atoms with Crippen LogP contribution in [0.15, 0.2) is 24.3 Å². The Bertz CT molecular complexity index is 527. The van der Waals surface area contributed by atoms with Crippen molar-refractivity contribution in [1.29, 1.82) is 0 Å². The second-order valence-corrected chi connectivity index (χ2v) is 6.80. The fraction of sp³-hybridized carbons (Fsp3) is 0.632. The molecule has 0 aliphatic heterocycles. The normalized spacial score (nSPS) is 22.2. The van der Waals surface area contributed by atoms with E-state index in [2.05, 4.69) is 10.2 Å². The molecule has 24 heavy (non-hydrogen) atoms. The molecule has 0 aromatic heterocycles. The lowest BCUT2D eigenvalue weighted by Gasteiger charge is -2.34. The molecule has 0 heterocycles. The largest absolute Gasteiger partial charge is 0.496 e. The third kappa shape index (κ3) is 4.95. The van der Waals surface area contributed by atoms with Crippen LogP contribution in [0, 0.1) is 5.92 Å². The van der Waals surface area contributed by atoms with Gasteiger partial charge in [-0.05, 0) is 51.6 Å². The summed E-state index contributed by atoms with van der Waals surface area (Å²) in [5.41, 5.74) is 0.986. The molecule has 1 aliphatic rings. The van der Waals surface area contributed by atoms with Gasteiger partial charge in [0.25, 0.3) is 0 Å². The minimum atomic E-state index is -0.0906. The number of aliphatic hydroxyl groups is 1.